The molecule has 1 aliphatic rings. The highest BCUT2D eigenvalue weighted by molar-refractivity contribution is 5.41. The number of rotatable bonds is 1. The van der Waals surface area contributed by atoms with Crippen molar-refractivity contribution in [3.8, 4) is 0 Å². The van der Waals surface area contributed by atoms with Crippen molar-refractivity contribution in [1.29, 1.82) is 5.41 Å². The first-order valence-corrected chi connectivity index (χ1v) is 5.14. The largest absolute Gasteiger partial charge is 0.423 e. The summed E-state index contributed by atoms with van der Waals surface area (Å²) in [6, 6.07) is 1.42. The Balaban J connectivity index is 2.30. The van der Waals surface area contributed by atoms with Crippen LogP contribution in [0.25, 0.3) is 0 Å². The summed E-state index contributed by atoms with van der Waals surface area (Å²) >= 11 is 0. The van der Waals surface area contributed by atoms with Gasteiger partial charge in [0.1, 0.15) is 5.82 Å². The van der Waals surface area contributed by atoms with Crippen molar-refractivity contribution >= 4 is 11.8 Å². The van der Waals surface area contributed by atoms with E-state index < -0.39 is 0 Å². The molecule has 2 rings (SSSR count). The van der Waals surface area contributed by atoms with Gasteiger partial charge in [0, 0.05) is 19.2 Å². The van der Waals surface area contributed by atoms with Gasteiger partial charge in [0.05, 0.1) is 6.10 Å². The molecule has 1 unspecified atom stereocenters. The second kappa shape index (κ2) is 4.01. The first kappa shape index (κ1) is 10.7. The van der Waals surface area contributed by atoms with Gasteiger partial charge < -0.3 is 20.9 Å². The van der Waals surface area contributed by atoms with Crippen LogP contribution in [0.4, 0.5) is 11.8 Å². The van der Waals surface area contributed by atoms with Crippen LogP contribution in [0.2, 0.25) is 0 Å². The Kier molecular flexibility index (Phi) is 2.69. The lowest BCUT2D eigenvalue weighted by Gasteiger charge is -2.31. The highest BCUT2D eigenvalue weighted by atomic mass is 16.5. The second-order valence-corrected chi connectivity index (χ2v) is 3.91. The third-order valence-electron chi connectivity index (χ3n) is 2.66. The number of nitrogen functional groups attached to an aromatic ring is 1. The summed E-state index contributed by atoms with van der Waals surface area (Å²) in [5, 5.41) is 26.3. The molecule has 1 atom stereocenters. The van der Waals surface area contributed by atoms with Crippen molar-refractivity contribution in [3.05, 3.63) is 11.6 Å². The lowest BCUT2D eigenvalue weighted by atomic mass is 10.1. The summed E-state index contributed by atoms with van der Waals surface area (Å²) < 4.78 is 0.518. The van der Waals surface area contributed by atoms with Crippen LogP contribution in [-0.2, 0) is 0 Å². The topological polar surface area (TPSA) is 111 Å². The van der Waals surface area contributed by atoms with Gasteiger partial charge in [-0.05, 0) is 12.8 Å². The van der Waals surface area contributed by atoms with Crippen molar-refractivity contribution < 1.29 is 10.3 Å². The molecule has 16 heavy (non-hydrogen) atoms. The van der Waals surface area contributed by atoms with Crippen LogP contribution < -0.4 is 16.1 Å². The summed E-state index contributed by atoms with van der Waals surface area (Å²) in [4.78, 5) is 5.84. The maximum Gasteiger partial charge on any atom is 0.238 e. The van der Waals surface area contributed by atoms with Crippen LogP contribution in [0.3, 0.4) is 0 Å². The van der Waals surface area contributed by atoms with Crippen molar-refractivity contribution in [2.45, 2.75) is 18.9 Å². The Labute approximate surface area is 92.2 Å². The Bertz CT molecular complexity index is 444. The number of nitrogens with zero attached hydrogens (tertiary/aromatic N) is 3. The molecule has 0 bridgehead atoms. The molecule has 0 saturated carbocycles. The fraction of sp³-hybridized carbons (Fsp3) is 0.556. The van der Waals surface area contributed by atoms with Crippen LogP contribution in [0.15, 0.2) is 6.07 Å². The van der Waals surface area contributed by atoms with Gasteiger partial charge in [-0.2, -0.15) is 4.98 Å². The quantitative estimate of drug-likeness (QED) is 0.465. The molecule has 7 heteroatoms. The zero-order valence-corrected chi connectivity index (χ0v) is 8.80. The lowest BCUT2D eigenvalue weighted by molar-refractivity contribution is 0.153. The van der Waals surface area contributed by atoms with E-state index in [0.717, 1.165) is 19.4 Å². The number of β-amino-alcohol motifs (C(OH)–C–C–N with tert-alkyl or cyclic N) is 1. The van der Waals surface area contributed by atoms with E-state index in [1.807, 2.05) is 4.90 Å². The molecule has 5 N–H and O–H groups in total. The van der Waals surface area contributed by atoms with Crippen molar-refractivity contribution in [2.75, 3.05) is 23.7 Å². The predicted molar refractivity (Wildman–Crippen MR) is 57.1 cm³/mol. The molecule has 1 saturated heterocycles. The Hall–Kier alpha value is -1.76. The number of nitrogens with two attached hydrogens (primary N) is 1. The average Bonchev–Trinajstić information content (AvgIpc) is 2.25. The Morgan fingerprint density at radius 3 is 2.94 bits per heavy atom. The summed E-state index contributed by atoms with van der Waals surface area (Å²) in [6.45, 7) is 1.26. The zero-order valence-electron chi connectivity index (χ0n) is 8.80. The van der Waals surface area contributed by atoms with E-state index in [1.165, 1.54) is 6.07 Å². The first-order chi connectivity index (χ1) is 7.58. The predicted octanol–water partition coefficient (Wildman–Crippen LogP) is -0.857. The summed E-state index contributed by atoms with van der Waals surface area (Å²) in [6.07, 6.45) is 1.30. The highest BCUT2D eigenvalue weighted by Gasteiger charge is 2.19. The molecule has 1 aromatic heterocycles. The zero-order chi connectivity index (χ0) is 11.7. The van der Waals surface area contributed by atoms with Gasteiger partial charge in [-0.3, -0.25) is 5.41 Å². The lowest BCUT2D eigenvalue weighted by Crippen LogP contribution is -2.39. The van der Waals surface area contributed by atoms with Gasteiger partial charge in [0.25, 0.3) is 0 Å². The fourth-order valence-corrected chi connectivity index (χ4v) is 1.83. The molecular formula is C9H15N5O2. The summed E-state index contributed by atoms with van der Waals surface area (Å²) in [5.41, 5.74) is 5.33. The molecule has 7 nitrogen and oxygen atoms in total. The Morgan fingerprint density at radius 2 is 2.31 bits per heavy atom. The van der Waals surface area contributed by atoms with Crippen molar-refractivity contribution in [1.82, 2.24) is 9.71 Å². The van der Waals surface area contributed by atoms with Crippen LogP contribution in [0, 0.1) is 5.41 Å². The third kappa shape index (κ3) is 1.94. The molecule has 1 aromatic rings. The van der Waals surface area contributed by atoms with Gasteiger partial charge in [-0.25, -0.2) is 0 Å². The van der Waals surface area contributed by atoms with Crippen molar-refractivity contribution in [2.24, 2.45) is 0 Å². The fourth-order valence-electron chi connectivity index (χ4n) is 1.83. The maximum absolute atomic E-state index is 9.53. The Morgan fingerprint density at radius 1 is 1.56 bits per heavy atom. The van der Waals surface area contributed by atoms with E-state index in [1.54, 1.807) is 0 Å². The molecular weight excluding hydrogens is 210 g/mol. The highest BCUT2D eigenvalue weighted by Crippen LogP contribution is 2.16. The van der Waals surface area contributed by atoms with E-state index in [0.29, 0.717) is 17.1 Å². The number of aliphatic hydroxyl groups excluding tert-OH is 1. The van der Waals surface area contributed by atoms with Gasteiger partial charge in [-0.15, -0.1) is 4.73 Å². The molecule has 1 fully saturated rings. The second-order valence-electron chi connectivity index (χ2n) is 3.91. The molecule has 0 amide bonds. The molecule has 2 heterocycles. The van der Waals surface area contributed by atoms with Gasteiger partial charge in [-0.1, -0.05) is 0 Å². The van der Waals surface area contributed by atoms with Gasteiger partial charge in [0.2, 0.25) is 5.95 Å². The van der Waals surface area contributed by atoms with E-state index in [2.05, 4.69) is 4.98 Å². The molecule has 88 valence electrons. The SMILES string of the molecule is N=c1cc(N2CCCC(O)C2)nc(N)n1O. The van der Waals surface area contributed by atoms with E-state index in [4.69, 9.17) is 11.1 Å². The van der Waals surface area contributed by atoms with Crippen molar-refractivity contribution in [3.63, 3.8) is 0 Å². The molecule has 0 aliphatic carbocycles. The van der Waals surface area contributed by atoms with Crippen LogP contribution in [0.1, 0.15) is 12.8 Å². The maximum atomic E-state index is 9.53. The molecule has 0 radical (unpaired) electrons. The third-order valence-corrected chi connectivity index (χ3v) is 2.66. The average molecular weight is 225 g/mol. The number of anilines is 2. The number of aromatic nitrogens is 2. The van der Waals surface area contributed by atoms with E-state index in [-0.39, 0.29) is 17.5 Å². The minimum Gasteiger partial charge on any atom is -0.423 e. The number of aliphatic hydroxyl groups is 1. The number of piperidine rings is 1. The standard InChI is InChI=1S/C9H15N5O2/c10-7-4-8(12-9(11)14(7)16)13-3-1-2-6(15)5-13/h4,6,10,15-16H,1-3,5H2,(H2,11,12). The molecule has 0 spiro atoms. The minimum absolute atomic E-state index is 0.123. The number of nitrogens with one attached hydrogen (secondary N) is 1. The van der Waals surface area contributed by atoms with Gasteiger partial charge >= 0.3 is 0 Å². The molecule has 1 aliphatic heterocycles. The minimum atomic E-state index is -0.368. The normalized spacial score (nSPS) is 21.1. The van der Waals surface area contributed by atoms with Crippen LogP contribution >= 0.6 is 0 Å². The first-order valence-electron chi connectivity index (χ1n) is 5.14. The summed E-state index contributed by atoms with van der Waals surface area (Å²) in [5.74, 6) is 0.397. The number of hydrogen-bond donors (Lipinski definition) is 4. The van der Waals surface area contributed by atoms with Crippen LogP contribution in [0.5, 0.6) is 0 Å². The summed E-state index contributed by atoms with van der Waals surface area (Å²) in [7, 11) is 0. The smallest absolute Gasteiger partial charge is 0.238 e. The van der Waals surface area contributed by atoms with E-state index >= 15 is 0 Å². The monoisotopic (exact) mass is 225 g/mol. The van der Waals surface area contributed by atoms with E-state index in [9.17, 15) is 10.3 Å². The van der Waals surface area contributed by atoms with Gasteiger partial charge in [0.15, 0.2) is 5.49 Å². The number of hydrogen-bond acceptors (Lipinski definition) is 6. The van der Waals surface area contributed by atoms with Crippen LogP contribution in [-0.4, -0.2) is 39.2 Å². The molecule has 0 aromatic carbocycles.